The minimum absolute atomic E-state index is 0.164. The zero-order valence-corrected chi connectivity index (χ0v) is 20.0. The van der Waals surface area contributed by atoms with Crippen molar-refractivity contribution in [3.63, 3.8) is 0 Å². The highest BCUT2D eigenvalue weighted by molar-refractivity contribution is 5.75. The molecule has 30 heavy (non-hydrogen) atoms. The van der Waals surface area contributed by atoms with Crippen LogP contribution in [0.5, 0.6) is 0 Å². The summed E-state index contributed by atoms with van der Waals surface area (Å²) >= 11 is 0. The molecule has 0 fully saturated rings. The summed E-state index contributed by atoms with van der Waals surface area (Å²) in [5.41, 5.74) is 2.32. The Morgan fingerprint density at radius 3 is 2.00 bits per heavy atom. The van der Waals surface area contributed by atoms with Crippen LogP contribution in [0, 0.1) is 5.92 Å². The van der Waals surface area contributed by atoms with Gasteiger partial charge in [-0.25, -0.2) is 0 Å². The number of carbonyl (C=O) groups is 1. The maximum absolute atomic E-state index is 12.0. The number of benzene rings is 1. The molecule has 1 aromatic rings. The zero-order chi connectivity index (χ0) is 22.0. The van der Waals surface area contributed by atoms with Crippen molar-refractivity contribution in [2.75, 3.05) is 13.2 Å². The molecule has 0 aromatic heterocycles. The van der Waals surface area contributed by atoms with Gasteiger partial charge in [-0.2, -0.15) is 0 Å². The van der Waals surface area contributed by atoms with Gasteiger partial charge in [0.05, 0.1) is 6.61 Å². The Balaban J connectivity index is 1.97. The summed E-state index contributed by atoms with van der Waals surface area (Å²) in [5.74, 6) is 0.721. The van der Waals surface area contributed by atoms with Gasteiger partial charge in [-0.05, 0) is 36.4 Å². The fourth-order valence-electron chi connectivity index (χ4n) is 3.32. The molecule has 0 heterocycles. The molecule has 0 saturated heterocycles. The Morgan fingerprint density at radius 1 is 0.833 bits per heavy atom. The predicted octanol–water partition coefficient (Wildman–Crippen LogP) is 5.98. The van der Waals surface area contributed by atoms with Crippen molar-refractivity contribution in [1.29, 1.82) is 0 Å². The molecule has 4 nitrogen and oxygen atoms in total. The van der Waals surface area contributed by atoms with Crippen molar-refractivity contribution in [3.05, 3.63) is 35.4 Å². The predicted molar refractivity (Wildman–Crippen MR) is 127 cm³/mol. The molecule has 0 atom stereocenters. The van der Waals surface area contributed by atoms with E-state index in [1.54, 1.807) is 0 Å². The van der Waals surface area contributed by atoms with Crippen molar-refractivity contribution >= 4 is 5.91 Å². The summed E-state index contributed by atoms with van der Waals surface area (Å²) in [6.07, 6.45) is 10.6. The van der Waals surface area contributed by atoms with Crippen LogP contribution in [0.1, 0.15) is 96.6 Å². The van der Waals surface area contributed by atoms with Crippen LogP contribution >= 0.6 is 0 Å². The second kappa shape index (κ2) is 17.3. The van der Waals surface area contributed by atoms with Gasteiger partial charge in [0, 0.05) is 25.6 Å². The highest BCUT2D eigenvalue weighted by atomic mass is 16.5. The Morgan fingerprint density at radius 2 is 1.40 bits per heavy atom. The van der Waals surface area contributed by atoms with Gasteiger partial charge in [-0.3, -0.25) is 4.79 Å². The number of ether oxygens (including phenoxy) is 1. The number of nitrogens with one attached hydrogen (secondary N) is 2. The number of hydrogen-bond acceptors (Lipinski definition) is 3. The Bertz CT molecular complexity index is 540. The molecule has 1 aromatic carbocycles. The highest BCUT2D eigenvalue weighted by Gasteiger charge is 2.02. The lowest BCUT2D eigenvalue weighted by Crippen LogP contribution is -2.23. The number of amides is 1. The number of hydrogen-bond donors (Lipinski definition) is 2. The molecule has 0 radical (unpaired) electrons. The summed E-state index contributed by atoms with van der Waals surface area (Å²) < 4.78 is 5.66. The summed E-state index contributed by atoms with van der Waals surface area (Å²) in [6.45, 7) is 11.9. The summed E-state index contributed by atoms with van der Waals surface area (Å²) in [7, 11) is 0. The fourth-order valence-corrected chi connectivity index (χ4v) is 3.32. The quantitative estimate of drug-likeness (QED) is 0.288. The first-order valence-electron chi connectivity index (χ1n) is 12.1. The first kappa shape index (κ1) is 26.6. The van der Waals surface area contributed by atoms with Gasteiger partial charge in [0.15, 0.2) is 0 Å². The van der Waals surface area contributed by atoms with E-state index >= 15 is 0 Å². The van der Waals surface area contributed by atoms with Gasteiger partial charge in [0.25, 0.3) is 0 Å². The standard InChI is InChI=1S/C26H46N2O2/c1-22(2)20-30-21-25-16-14-24(15-17-25)19-28-26(29)13-11-9-7-5-6-8-10-12-18-27-23(3)4/h14-17,22-23,27H,5-13,18-21H2,1-4H3,(H,28,29). The van der Waals surface area contributed by atoms with Gasteiger partial charge in [-0.15, -0.1) is 0 Å². The first-order valence-corrected chi connectivity index (χ1v) is 12.1. The van der Waals surface area contributed by atoms with E-state index in [4.69, 9.17) is 4.74 Å². The topological polar surface area (TPSA) is 50.4 Å². The van der Waals surface area contributed by atoms with Crippen molar-refractivity contribution in [1.82, 2.24) is 10.6 Å². The number of carbonyl (C=O) groups excluding carboxylic acids is 1. The summed E-state index contributed by atoms with van der Waals surface area (Å²) in [6, 6.07) is 8.92. The molecule has 1 amide bonds. The highest BCUT2D eigenvalue weighted by Crippen LogP contribution is 2.10. The lowest BCUT2D eigenvalue weighted by atomic mass is 10.1. The summed E-state index contributed by atoms with van der Waals surface area (Å²) in [5, 5.41) is 6.50. The third-order valence-electron chi connectivity index (χ3n) is 5.12. The molecule has 172 valence electrons. The van der Waals surface area contributed by atoms with E-state index in [0.717, 1.165) is 31.6 Å². The van der Waals surface area contributed by atoms with Crippen molar-refractivity contribution in [2.24, 2.45) is 5.92 Å². The van der Waals surface area contributed by atoms with Gasteiger partial charge >= 0.3 is 0 Å². The lowest BCUT2D eigenvalue weighted by Gasteiger charge is -2.09. The second-order valence-corrected chi connectivity index (χ2v) is 9.19. The van der Waals surface area contributed by atoms with Crippen molar-refractivity contribution in [2.45, 2.75) is 105 Å². The smallest absolute Gasteiger partial charge is 0.220 e. The van der Waals surface area contributed by atoms with Crippen LogP contribution in [0.25, 0.3) is 0 Å². The van der Waals surface area contributed by atoms with Crippen molar-refractivity contribution < 1.29 is 9.53 Å². The fraction of sp³-hybridized carbons (Fsp3) is 0.731. The van der Waals surface area contributed by atoms with Gasteiger partial charge in [-0.1, -0.05) is 90.5 Å². The van der Waals surface area contributed by atoms with Gasteiger partial charge in [0.1, 0.15) is 0 Å². The van der Waals surface area contributed by atoms with Crippen LogP contribution in [0.3, 0.4) is 0 Å². The normalized spacial score (nSPS) is 11.4. The molecule has 0 bridgehead atoms. The Hall–Kier alpha value is -1.39. The zero-order valence-electron chi connectivity index (χ0n) is 20.0. The Labute approximate surface area is 185 Å². The van der Waals surface area contributed by atoms with Crippen LogP contribution in [-0.4, -0.2) is 25.1 Å². The third-order valence-corrected chi connectivity index (χ3v) is 5.12. The molecule has 0 aliphatic rings. The maximum Gasteiger partial charge on any atom is 0.220 e. The van der Waals surface area contributed by atoms with Crippen LogP contribution < -0.4 is 10.6 Å². The molecule has 2 N–H and O–H groups in total. The molecule has 1 rings (SSSR count). The van der Waals surface area contributed by atoms with Crippen LogP contribution in [0.2, 0.25) is 0 Å². The SMILES string of the molecule is CC(C)COCc1ccc(CNC(=O)CCCCCCCCCCNC(C)C)cc1. The van der Waals surface area contributed by atoms with E-state index in [9.17, 15) is 4.79 Å². The largest absolute Gasteiger partial charge is 0.377 e. The Kier molecular flexibility index (Phi) is 15.4. The monoisotopic (exact) mass is 418 g/mol. The molecule has 0 spiro atoms. The van der Waals surface area contributed by atoms with Crippen molar-refractivity contribution in [3.8, 4) is 0 Å². The van der Waals surface area contributed by atoms with E-state index in [-0.39, 0.29) is 5.91 Å². The van der Waals surface area contributed by atoms with E-state index in [0.29, 0.717) is 31.5 Å². The molecular weight excluding hydrogens is 372 g/mol. The molecular formula is C26H46N2O2. The average molecular weight is 419 g/mol. The van der Waals surface area contributed by atoms with Crippen LogP contribution in [-0.2, 0) is 22.7 Å². The number of unbranched alkanes of at least 4 members (excludes halogenated alkanes) is 7. The van der Waals surface area contributed by atoms with E-state index in [1.165, 1.54) is 44.1 Å². The van der Waals surface area contributed by atoms with E-state index in [2.05, 4.69) is 62.6 Å². The first-order chi connectivity index (χ1) is 14.5. The average Bonchev–Trinajstić information content (AvgIpc) is 2.71. The van der Waals surface area contributed by atoms with E-state index < -0.39 is 0 Å². The maximum atomic E-state index is 12.0. The molecule has 0 saturated carbocycles. The molecule has 4 heteroatoms. The molecule has 0 aliphatic heterocycles. The second-order valence-electron chi connectivity index (χ2n) is 9.19. The van der Waals surface area contributed by atoms with Crippen LogP contribution in [0.4, 0.5) is 0 Å². The minimum Gasteiger partial charge on any atom is -0.377 e. The molecule has 0 aliphatic carbocycles. The van der Waals surface area contributed by atoms with E-state index in [1.807, 2.05) is 0 Å². The molecule has 0 unspecified atom stereocenters. The van der Waals surface area contributed by atoms with Gasteiger partial charge < -0.3 is 15.4 Å². The lowest BCUT2D eigenvalue weighted by molar-refractivity contribution is -0.121. The summed E-state index contributed by atoms with van der Waals surface area (Å²) in [4.78, 5) is 12.0. The van der Waals surface area contributed by atoms with Crippen LogP contribution in [0.15, 0.2) is 24.3 Å². The number of rotatable bonds is 18. The van der Waals surface area contributed by atoms with Gasteiger partial charge in [0.2, 0.25) is 5.91 Å². The minimum atomic E-state index is 0.164. The third kappa shape index (κ3) is 15.4.